The van der Waals surface area contributed by atoms with Gasteiger partial charge in [0.25, 0.3) is 0 Å². The van der Waals surface area contributed by atoms with Gasteiger partial charge in [-0.3, -0.25) is 0 Å². The topological polar surface area (TPSA) is 74.9 Å². The zero-order valence-corrected chi connectivity index (χ0v) is 17.9. The third-order valence-corrected chi connectivity index (χ3v) is 7.32. The van der Waals surface area contributed by atoms with Crippen LogP contribution < -0.4 is 4.74 Å². The second-order valence-electron chi connectivity index (χ2n) is 7.18. The quantitative estimate of drug-likeness (QED) is 0.509. The molecule has 3 rings (SSSR count). The highest BCUT2D eigenvalue weighted by Gasteiger charge is 2.24. The molecule has 5 heteroatoms. The number of hydrogen-bond acceptors (Lipinski definition) is 3. The van der Waals surface area contributed by atoms with Gasteiger partial charge in [0.2, 0.25) is 9.84 Å². The molecule has 0 amide bonds. The van der Waals surface area contributed by atoms with Crippen LogP contribution in [0, 0.1) is 0 Å². The number of sulfone groups is 1. The molecule has 0 aromatic heterocycles. The summed E-state index contributed by atoms with van der Waals surface area (Å²) >= 11 is 0. The van der Waals surface area contributed by atoms with Gasteiger partial charge in [0, 0.05) is 0 Å². The molecule has 3 aromatic rings. The molecule has 0 fully saturated rings. The lowest BCUT2D eigenvalue weighted by atomic mass is 9.78. The van der Waals surface area contributed by atoms with E-state index in [9.17, 15) is 8.42 Å². The smallest absolute Gasteiger partial charge is 0.206 e. The highest BCUT2D eigenvalue weighted by molar-refractivity contribution is 7.91. The lowest BCUT2D eigenvalue weighted by Gasteiger charge is -2.27. The van der Waals surface area contributed by atoms with Crippen molar-refractivity contribution in [3.8, 4) is 11.5 Å². The fourth-order valence-electron chi connectivity index (χ4n) is 3.14. The Bertz CT molecular complexity index is 1000. The van der Waals surface area contributed by atoms with Gasteiger partial charge in [0.15, 0.2) is 0 Å². The predicted molar refractivity (Wildman–Crippen MR) is 116 cm³/mol. The molecule has 0 atom stereocenters. The van der Waals surface area contributed by atoms with Crippen molar-refractivity contribution in [2.24, 2.45) is 0 Å². The van der Waals surface area contributed by atoms with Gasteiger partial charge >= 0.3 is 0 Å². The Kier molecular flexibility index (Phi) is 7.22. The van der Waals surface area contributed by atoms with Crippen LogP contribution in [0.25, 0.3) is 0 Å². The first kappa shape index (κ1) is 22.7. The van der Waals surface area contributed by atoms with Crippen molar-refractivity contribution in [1.82, 2.24) is 0 Å². The van der Waals surface area contributed by atoms with E-state index in [4.69, 9.17) is 4.74 Å². The molecule has 0 bridgehead atoms. The summed E-state index contributed by atoms with van der Waals surface area (Å²) in [5.74, 6) is 1.31. The fourth-order valence-corrected chi connectivity index (χ4v) is 4.40. The molecule has 0 aliphatic heterocycles. The predicted octanol–water partition coefficient (Wildman–Crippen LogP) is 5.56. The van der Waals surface area contributed by atoms with Gasteiger partial charge in [0.1, 0.15) is 11.5 Å². The van der Waals surface area contributed by atoms with Gasteiger partial charge in [-0.2, -0.15) is 0 Å². The molecular formula is C24H28O4S. The Labute approximate surface area is 173 Å². The van der Waals surface area contributed by atoms with Gasteiger partial charge in [-0.15, -0.1) is 0 Å². The number of hydrogen-bond donors (Lipinski definition) is 0. The van der Waals surface area contributed by atoms with Crippen molar-refractivity contribution >= 4 is 9.84 Å². The molecule has 29 heavy (non-hydrogen) atoms. The highest BCUT2D eigenvalue weighted by atomic mass is 32.2. The molecule has 0 saturated heterocycles. The second kappa shape index (κ2) is 9.25. The van der Waals surface area contributed by atoms with E-state index in [1.807, 2.05) is 42.5 Å². The normalized spacial score (nSPS) is 11.6. The fraction of sp³-hybridized carbons (Fsp3) is 0.250. The van der Waals surface area contributed by atoms with Crippen LogP contribution in [-0.4, -0.2) is 13.9 Å². The van der Waals surface area contributed by atoms with Crippen molar-refractivity contribution < 1.29 is 18.6 Å². The largest absolute Gasteiger partial charge is 0.457 e. The van der Waals surface area contributed by atoms with E-state index in [-0.39, 0.29) is 15.8 Å². The van der Waals surface area contributed by atoms with Crippen LogP contribution in [0.15, 0.2) is 88.7 Å². The van der Waals surface area contributed by atoms with E-state index in [0.29, 0.717) is 16.4 Å². The molecule has 0 aliphatic rings. The van der Waals surface area contributed by atoms with E-state index in [2.05, 4.69) is 20.8 Å². The summed E-state index contributed by atoms with van der Waals surface area (Å²) in [5, 5.41) is 0. The zero-order valence-electron chi connectivity index (χ0n) is 17.1. The van der Waals surface area contributed by atoms with Crippen molar-refractivity contribution in [2.75, 3.05) is 0 Å². The minimum Gasteiger partial charge on any atom is -0.457 e. The summed E-state index contributed by atoms with van der Waals surface area (Å²) in [7, 11) is -3.56. The van der Waals surface area contributed by atoms with E-state index in [1.54, 1.807) is 36.4 Å². The van der Waals surface area contributed by atoms with Gasteiger partial charge in [-0.1, -0.05) is 51.1 Å². The SMILES string of the molecule is CCC(C)(CC)c1ccc(S(=O)(=O)c2ccc(Oc3ccccc3)cc2)cc1.O. The number of benzene rings is 3. The first-order chi connectivity index (χ1) is 13.4. The number of para-hydroxylation sites is 1. The van der Waals surface area contributed by atoms with Crippen LogP contribution in [0.4, 0.5) is 0 Å². The maximum Gasteiger partial charge on any atom is 0.206 e. The van der Waals surface area contributed by atoms with Crippen molar-refractivity contribution in [2.45, 2.75) is 48.8 Å². The summed E-state index contributed by atoms with van der Waals surface area (Å²) < 4.78 is 31.7. The van der Waals surface area contributed by atoms with E-state index in [0.717, 1.165) is 12.8 Å². The van der Waals surface area contributed by atoms with Gasteiger partial charge in [-0.25, -0.2) is 8.42 Å². The van der Waals surface area contributed by atoms with Crippen molar-refractivity contribution in [3.05, 3.63) is 84.4 Å². The summed E-state index contributed by atoms with van der Waals surface area (Å²) in [6.07, 6.45) is 2.02. The highest BCUT2D eigenvalue weighted by Crippen LogP contribution is 2.32. The second-order valence-corrected chi connectivity index (χ2v) is 9.13. The Hall–Kier alpha value is -2.63. The maximum absolute atomic E-state index is 13.0. The lowest BCUT2D eigenvalue weighted by Crippen LogP contribution is -2.19. The molecule has 0 radical (unpaired) electrons. The Morgan fingerprint density at radius 3 is 1.66 bits per heavy atom. The van der Waals surface area contributed by atoms with E-state index < -0.39 is 9.84 Å². The Morgan fingerprint density at radius 2 is 1.17 bits per heavy atom. The Balaban J connectivity index is 0.00000300. The minimum absolute atomic E-state index is 0. The van der Waals surface area contributed by atoms with Gasteiger partial charge < -0.3 is 10.2 Å². The third-order valence-electron chi connectivity index (χ3n) is 5.54. The molecular weight excluding hydrogens is 384 g/mol. The lowest BCUT2D eigenvalue weighted by molar-refractivity contribution is 0.438. The molecule has 4 nitrogen and oxygen atoms in total. The van der Waals surface area contributed by atoms with Gasteiger partial charge in [-0.05, 0) is 72.4 Å². The summed E-state index contributed by atoms with van der Waals surface area (Å²) in [5.41, 5.74) is 1.24. The van der Waals surface area contributed by atoms with Crippen LogP contribution in [0.2, 0.25) is 0 Å². The molecule has 0 heterocycles. The summed E-state index contributed by atoms with van der Waals surface area (Å²) in [6.45, 7) is 6.53. The number of rotatable bonds is 7. The molecule has 0 spiro atoms. The van der Waals surface area contributed by atoms with E-state index >= 15 is 0 Å². The Morgan fingerprint density at radius 1 is 0.724 bits per heavy atom. The first-order valence-corrected chi connectivity index (χ1v) is 11.1. The molecule has 0 aliphatic carbocycles. The minimum atomic E-state index is -3.56. The summed E-state index contributed by atoms with van der Waals surface area (Å²) in [4.78, 5) is 0.567. The molecule has 0 saturated carbocycles. The van der Waals surface area contributed by atoms with Crippen LogP contribution >= 0.6 is 0 Å². The third kappa shape index (κ3) is 4.86. The summed E-state index contributed by atoms with van der Waals surface area (Å²) in [6, 6.07) is 23.2. The van der Waals surface area contributed by atoms with Crippen LogP contribution in [0.5, 0.6) is 11.5 Å². The van der Waals surface area contributed by atoms with E-state index in [1.165, 1.54) is 5.56 Å². The van der Waals surface area contributed by atoms with Crippen molar-refractivity contribution in [3.63, 3.8) is 0 Å². The average molecular weight is 413 g/mol. The molecule has 3 aromatic carbocycles. The van der Waals surface area contributed by atoms with Crippen LogP contribution in [0.3, 0.4) is 0 Å². The molecule has 2 N–H and O–H groups in total. The first-order valence-electron chi connectivity index (χ1n) is 9.57. The average Bonchev–Trinajstić information content (AvgIpc) is 2.74. The van der Waals surface area contributed by atoms with Crippen LogP contribution in [0.1, 0.15) is 39.2 Å². The molecule has 0 unspecified atom stereocenters. The standard InChI is InChI=1S/C24H26O3S.H2O/c1-4-24(3,5-2)19-11-15-22(16-12-19)28(25,26)23-17-13-21(14-18-23)27-20-9-7-6-8-10-20;/h6-18H,4-5H2,1-3H3;1H2. The van der Waals surface area contributed by atoms with Gasteiger partial charge in [0.05, 0.1) is 9.79 Å². The molecule has 154 valence electrons. The zero-order chi connectivity index (χ0) is 20.2. The maximum atomic E-state index is 13.0. The van der Waals surface area contributed by atoms with Crippen LogP contribution in [-0.2, 0) is 15.3 Å². The number of ether oxygens (including phenoxy) is 1. The van der Waals surface area contributed by atoms with Crippen molar-refractivity contribution in [1.29, 1.82) is 0 Å². The monoisotopic (exact) mass is 412 g/mol.